The Morgan fingerprint density at radius 3 is 2.56 bits per heavy atom. The summed E-state index contributed by atoms with van der Waals surface area (Å²) in [5, 5.41) is 2.94. The van der Waals surface area contributed by atoms with Crippen molar-refractivity contribution < 1.29 is 22.8 Å². The number of nitrogens with one attached hydrogen (secondary N) is 1. The van der Waals surface area contributed by atoms with E-state index >= 15 is 0 Å². The van der Waals surface area contributed by atoms with E-state index in [2.05, 4.69) is 10.3 Å². The average molecular weight is 585 g/mol. The molecule has 1 N–H and O–H groups in total. The van der Waals surface area contributed by atoms with E-state index in [-0.39, 0.29) is 23.4 Å². The number of rotatable bonds is 5. The van der Waals surface area contributed by atoms with Gasteiger partial charge in [0.15, 0.2) is 0 Å². The SMILES string of the molecule is CC1(C)C(=O)N(CC2CCC(NC(=O)c3cc(C(F)(F)F)ccc3CI)CC2)c2ncccc21. The molecule has 0 bridgehead atoms. The van der Waals surface area contributed by atoms with Gasteiger partial charge in [0, 0.05) is 34.3 Å². The lowest BCUT2D eigenvalue weighted by molar-refractivity contribution is -0.137. The predicted molar refractivity (Wildman–Crippen MR) is 132 cm³/mol. The number of aromatic nitrogens is 1. The Bertz CT molecular complexity index is 1100. The van der Waals surface area contributed by atoms with E-state index in [1.165, 1.54) is 6.07 Å². The predicted octanol–water partition coefficient (Wildman–Crippen LogP) is 5.65. The summed E-state index contributed by atoms with van der Waals surface area (Å²) in [4.78, 5) is 32.1. The summed E-state index contributed by atoms with van der Waals surface area (Å²) >= 11 is 2.05. The minimum atomic E-state index is -4.49. The molecule has 4 rings (SSSR count). The molecule has 0 atom stereocenters. The van der Waals surface area contributed by atoms with Crippen molar-refractivity contribution in [1.29, 1.82) is 0 Å². The topological polar surface area (TPSA) is 62.3 Å². The van der Waals surface area contributed by atoms with E-state index in [4.69, 9.17) is 0 Å². The first-order chi connectivity index (χ1) is 16.0. The molecule has 0 radical (unpaired) electrons. The van der Waals surface area contributed by atoms with Crippen LogP contribution in [-0.4, -0.2) is 29.4 Å². The van der Waals surface area contributed by atoms with Crippen molar-refractivity contribution in [3.05, 3.63) is 58.8 Å². The largest absolute Gasteiger partial charge is 0.416 e. The third-order valence-electron chi connectivity index (χ3n) is 6.94. The normalized spacial score (nSPS) is 21.9. The monoisotopic (exact) mass is 585 g/mol. The number of carbonyl (C=O) groups excluding carboxylic acids is 2. The number of hydrogen-bond donors (Lipinski definition) is 1. The first-order valence-corrected chi connectivity index (χ1v) is 12.9. The number of fused-ring (bicyclic) bond motifs is 1. The molecule has 2 amide bonds. The van der Waals surface area contributed by atoms with E-state index in [9.17, 15) is 22.8 Å². The third kappa shape index (κ3) is 4.81. The average Bonchev–Trinajstić information content (AvgIpc) is 3.00. The summed E-state index contributed by atoms with van der Waals surface area (Å²) in [6.07, 6.45) is 0.277. The summed E-state index contributed by atoms with van der Waals surface area (Å²) in [7, 11) is 0. The Labute approximate surface area is 210 Å². The van der Waals surface area contributed by atoms with Crippen LogP contribution in [0.1, 0.15) is 66.6 Å². The van der Waals surface area contributed by atoms with Crippen LogP contribution in [0.2, 0.25) is 0 Å². The molecule has 0 unspecified atom stereocenters. The highest BCUT2D eigenvalue weighted by Gasteiger charge is 2.45. The number of hydrogen-bond acceptors (Lipinski definition) is 3. The summed E-state index contributed by atoms with van der Waals surface area (Å²) in [6, 6.07) is 7.03. The molecule has 2 aromatic rings. The molecular weight excluding hydrogens is 558 g/mol. The molecule has 0 saturated heterocycles. The number of anilines is 1. The van der Waals surface area contributed by atoms with Gasteiger partial charge in [-0.25, -0.2) is 4.98 Å². The number of benzene rings is 1. The van der Waals surface area contributed by atoms with Gasteiger partial charge in [-0.1, -0.05) is 34.7 Å². The molecule has 1 aromatic heterocycles. The van der Waals surface area contributed by atoms with E-state index in [1.54, 1.807) is 11.1 Å². The van der Waals surface area contributed by atoms with Crippen molar-refractivity contribution >= 4 is 40.2 Å². The molecule has 1 aliphatic heterocycles. The highest BCUT2D eigenvalue weighted by molar-refractivity contribution is 14.1. The second-order valence-electron chi connectivity index (χ2n) is 9.61. The quantitative estimate of drug-likeness (QED) is 0.365. The molecule has 2 heterocycles. The van der Waals surface area contributed by atoms with Gasteiger partial charge in [0.25, 0.3) is 5.91 Å². The maximum atomic E-state index is 13.1. The van der Waals surface area contributed by atoms with Gasteiger partial charge in [0.1, 0.15) is 5.82 Å². The second kappa shape index (κ2) is 9.47. The van der Waals surface area contributed by atoms with Gasteiger partial charge >= 0.3 is 6.18 Å². The number of carbonyl (C=O) groups is 2. The van der Waals surface area contributed by atoms with Crippen LogP contribution >= 0.6 is 22.6 Å². The zero-order valence-electron chi connectivity index (χ0n) is 19.1. The maximum absolute atomic E-state index is 13.1. The van der Waals surface area contributed by atoms with E-state index in [1.807, 2.05) is 48.6 Å². The van der Waals surface area contributed by atoms with Crippen molar-refractivity contribution in [2.75, 3.05) is 11.4 Å². The fourth-order valence-electron chi connectivity index (χ4n) is 4.91. The van der Waals surface area contributed by atoms with Crippen molar-refractivity contribution in [2.45, 2.75) is 61.6 Å². The summed E-state index contributed by atoms with van der Waals surface area (Å²) in [6.45, 7) is 4.42. The Kier molecular flexibility index (Phi) is 6.94. The highest BCUT2D eigenvalue weighted by atomic mass is 127. The van der Waals surface area contributed by atoms with Gasteiger partial charge in [0.05, 0.1) is 11.0 Å². The molecule has 0 spiro atoms. The minimum absolute atomic E-state index is 0.0486. The molecular formula is C25H27F3IN3O2. The molecule has 1 saturated carbocycles. The number of nitrogens with zero attached hydrogens (tertiary/aromatic N) is 2. The zero-order valence-corrected chi connectivity index (χ0v) is 21.2. The Morgan fingerprint density at radius 1 is 1.21 bits per heavy atom. The molecule has 182 valence electrons. The Morgan fingerprint density at radius 2 is 1.91 bits per heavy atom. The van der Waals surface area contributed by atoms with Crippen LogP contribution in [0.3, 0.4) is 0 Å². The van der Waals surface area contributed by atoms with Crippen LogP contribution in [0.25, 0.3) is 0 Å². The van der Waals surface area contributed by atoms with Crippen LogP contribution < -0.4 is 10.2 Å². The van der Waals surface area contributed by atoms with Crippen LogP contribution in [-0.2, 0) is 20.8 Å². The lowest BCUT2D eigenvalue weighted by Gasteiger charge is -2.32. The second-order valence-corrected chi connectivity index (χ2v) is 10.4. The molecule has 9 heteroatoms. The summed E-state index contributed by atoms with van der Waals surface area (Å²) in [5.74, 6) is 0.589. The van der Waals surface area contributed by atoms with E-state index < -0.39 is 23.1 Å². The Hall–Kier alpha value is -2.17. The molecule has 5 nitrogen and oxygen atoms in total. The van der Waals surface area contributed by atoms with Gasteiger partial charge in [0.2, 0.25) is 5.91 Å². The molecule has 34 heavy (non-hydrogen) atoms. The van der Waals surface area contributed by atoms with Crippen molar-refractivity contribution in [3.63, 3.8) is 0 Å². The number of pyridine rings is 1. The van der Waals surface area contributed by atoms with E-state index in [0.29, 0.717) is 16.5 Å². The first kappa shape index (κ1) is 24.9. The minimum Gasteiger partial charge on any atom is -0.349 e. The number of amides is 2. The fraction of sp³-hybridized carbons (Fsp3) is 0.480. The van der Waals surface area contributed by atoms with Gasteiger partial charge in [-0.3, -0.25) is 14.5 Å². The van der Waals surface area contributed by atoms with Crippen molar-refractivity contribution in [1.82, 2.24) is 10.3 Å². The zero-order chi connectivity index (χ0) is 24.7. The van der Waals surface area contributed by atoms with Gasteiger partial charge in [-0.2, -0.15) is 13.2 Å². The van der Waals surface area contributed by atoms with Gasteiger partial charge in [-0.15, -0.1) is 0 Å². The fourth-order valence-corrected chi connectivity index (χ4v) is 5.57. The van der Waals surface area contributed by atoms with Crippen LogP contribution in [0, 0.1) is 5.92 Å². The van der Waals surface area contributed by atoms with Crippen molar-refractivity contribution in [3.8, 4) is 0 Å². The van der Waals surface area contributed by atoms with Crippen LogP contribution in [0.5, 0.6) is 0 Å². The third-order valence-corrected chi connectivity index (χ3v) is 7.77. The lowest BCUT2D eigenvalue weighted by atomic mass is 9.85. The van der Waals surface area contributed by atoms with E-state index in [0.717, 1.165) is 49.2 Å². The standard InChI is InChI=1S/C25H27F3IN3O2/c1-24(2)20-4-3-11-30-21(20)32(23(24)34)14-15-5-9-18(10-6-15)31-22(33)19-12-17(25(26,27)28)8-7-16(19)13-29/h3-4,7-8,11-12,15,18H,5-6,9-10,13-14H2,1-2H3,(H,31,33). The maximum Gasteiger partial charge on any atom is 0.416 e. The Balaban J connectivity index is 1.38. The van der Waals surface area contributed by atoms with Gasteiger partial charge in [-0.05, 0) is 69.2 Å². The van der Waals surface area contributed by atoms with Crippen LogP contribution in [0.4, 0.5) is 19.0 Å². The van der Waals surface area contributed by atoms with Gasteiger partial charge < -0.3 is 5.32 Å². The summed E-state index contributed by atoms with van der Waals surface area (Å²) in [5.41, 5.74) is 0.186. The molecule has 2 aliphatic rings. The summed E-state index contributed by atoms with van der Waals surface area (Å²) < 4.78 is 39.9. The highest BCUT2D eigenvalue weighted by Crippen LogP contribution is 2.41. The molecule has 1 aliphatic carbocycles. The number of halogens is 4. The number of alkyl halides is 4. The molecule has 1 fully saturated rings. The smallest absolute Gasteiger partial charge is 0.349 e. The van der Waals surface area contributed by atoms with Crippen molar-refractivity contribution in [2.24, 2.45) is 5.92 Å². The lowest BCUT2D eigenvalue weighted by Crippen LogP contribution is -2.42. The van der Waals surface area contributed by atoms with Crippen LogP contribution in [0.15, 0.2) is 36.5 Å². The molecule has 1 aromatic carbocycles. The first-order valence-electron chi connectivity index (χ1n) is 11.4.